The second kappa shape index (κ2) is 8.55. The van der Waals surface area contributed by atoms with Crippen molar-refractivity contribution in [3.63, 3.8) is 0 Å². The number of nitrogens with zero attached hydrogens (tertiary/aromatic N) is 1. The fourth-order valence-corrected chi connectivity index (χ4v) is 2.86. The molecule has 2 rings (SSSR count). The number of carboxylic acids is 1. The summed E-state index contributed by atoms with van der Waals surface area (Å²) in [7, 11) is 0. The van der Waals surface area contributed by atoms with Gasteiger partial charge in [-0.25, -0.2) is 13.6 Å². The van der Waals surface area contributed by atoms with Crippen LogP contribution in [0.25, 0.3) is 0 Å². The smallest absolute Gasteiger partial charge is 0.326 e. The average molecular weight is 354 g/mol. The molecule has 1 aliphatic rings. The lowest BCUT2D eigenvalue weighted by Crippen LogP contribution is -2.50. The van der Waals surface area contributed by atoms with E-state index >= 15 is 0 Å². The Balaban J connectivity index is 2.26. The van der Waals surface area contributed by atoms with E-state index in [1.165, 1.54) is 4.90 Å². The van der Waals surface area contributed by atoms with Gasteiger partial charge in [0.25, 0.3) is 0 Å². The minimum Gasteiger partial charge on any atom is -0.480 e. The third-order valence-electron chi connectivity index (χ3n) is 4.06. The Hall–Kier alpha value is -2.51. The topological polar surface area (TPSA) is 86.7 Å². The van der Waals surface area contributed by atoms with Gasteiger partial charge in [0.2, 0.25) is 18.2 Å². The highest BCUT2D eigenvalue weighted by Crippen LogP contribution is 2.26. The molecule has 8 heteroatoms. The van der Waals surface area contributed by atoms with Gasteiger partial charge < -0.3 is 15.3 Å². The molecule has 0 aromatic heterocycles. The summed E-state index contributed by atoms with van der Waals surface area (Å²) in [5.41, 5.74) is 0.511. The number of nitrogens with one attached hydrogen (secondary N) is 1. The lowest BCUT2D eigenvalue weighted by atomic mass is 10.00. The number of carbonyl (C=O) groups excluding carboxylic acids is 2. The lowest BCUT2D eigenvalue weighted by molar-refractivity contribution is -0.146. The van der Waals surface area contributed by atoms with Gasteiger partial charge in [-0.3, -0.25) is 9.59 Å². The van der Waals surface area contributed by atoms with Crippen LogP contribution < -0.4 is 5.32 Å². The first-order valence-electron chi connectivity index (χ1n) is 8.06. The van der Waals surface area contributed by atoms with Crippen LogP contribution in [0.3, 0.4) is 0 Å². The molecule has 0 aliphatic carbocycles. The number of hydrogen-bond donors (Lipinski definition) is 2. The molecule has 25 heavy (non-hydrogen) atoms. The van der Waals surface area contributed by atoms with Gasteiger partial charge in [-0.2, -0.15) is 0 Å². The number of piperidine rings is 1. The van der Waals surface area contributed by atoms with E-state index < -0.39 is 36.8 Å². The Morgan fingerprint density at radius 3 is 2.44 bits per heavy atom. The number of likely N-dealkylation sites (tertiary alicyclic amines) is 1. The Bertz CT molecular complexity index is 624. The Morgan fingerprint density at radius 2 is 1.88 bits per heavy atom. The SMILES string of the molecule is O=C(O)C(CC(F)F)NC(=O)C(c1ccccc1)N1CCCCC1=O. The Morgan fingerprint density at radius 1 is 1.20 bits per heavy atom. The minimum atomic E-state index is -2.87. The maximum atomic E-state index is 12.7. The van der Waals surface area contributed by atoms with Crippen LogP contribution in [0.4, 0.5) is 8.78 Å². The quantitative estimate of drug-likeness (QED) is 0.784. The number of alkyl halides is 2. The average Bonchev–Trinajstić information content (AvgIpc) is 2.57. The van der Waals surface area contributed by atoms with Crippen molar-refractivity contribution in [2.45, 2.75) is 44.2 Å². The minimum absolute atomic E-state index is 0.212. The third kappa shape index (κ3) is 4.98. The molecule has 0 spiro atoms. The fraction of sp³-hybridized carbons (Fsp3) is 0.471. The van der Waals surface area contributed by atoms with Crippen LogP contribution in [0, 0.1) is 0 Å². The lowest BCUT2D eigenvalue weighted by Gasteiger charge is -2.34. The number of aliphatic carboxylic acids is 1. The van der Waals surface area contributed by atoms with Gasteiger partial charge in [0, 0.05) is 19.4 Å². The highest BCUT2D eigenvalue weighted by atomic mass is 19.3. The summed E-state index contributed by atoms with van der Waals surface area (Å²) >= 11 is 0. The maximum Gasteiger partial charge on any atom is 0.326 e. The number of carbonyl (C=O) groups is 3. The maximum absolute atomic E-state index is 12.7. The summed E-state index contributed by atoms with van der Waals surface area (Å²) in [6.45, 7) is 0.360. The number of carboxylic acid groups (broad SMARTS) is 1. The molecule has 1 aromatic rings. The summed E-state index contributed by atoms with van der Waals surface area (Å²) in [4.78, 5) is 37.4. The first-order chi connectivity index (χ1) is 11.9. The van der Waals surface area contributed by atoms with Crippen molar-refractivity contribution in [1.29, 1.82) is 0 Å². The van der Waals surface area contributed by atoms with Crippen LogP contribution in [0.15, 0.2) is 30.3 Å². The molecule has 2 atom stereocenters. The molecule has 0 radical (unpaired) electrons. The van der Waals surface area contributed by atoms with Gasteiger partial charge in [0.15, 0.2) is 0 Å². The predicted octanol–water partition coefficient (Wildman–Crippen LogP) is 1.96. The van der Waals surface area contributed by atoms with Crippen LogP contribution in [-0.2, 0) is 14.4 Å². The molecule has 6 nitrogen and oxygen atoms in total. The van der Waals surface area contributed by atoms with Crippen molar-refractivity contribution in [3.8, 4) is 0 Å². The summed E-state index contributed by atoms with van der Waals surface area (Å²) in [6, 6.07) is 5.68. The van der Waals surface area contributed by atoms with Gasteiger partial charge in [0.1, 0.15) is 12.1 Å². The first-order valence-corrected chi connectivity index (χ1v) is 8.06. The van der Waals surface area contributed by atoms with Crippen LogP contribution in [-0.4, -0.2) is 46.8 Å². The highest BCUT2D eigenvalue weighted by Gasteiger charge is 2.35. The van der Waals surface area contributed by atoms with E-state index in [1.807, 2.05) is 0 Å². The highest BCUT2D eigenvalue weighted by molar-refractivity contribution is 5.91. The second-order valence-corrected chi connectivity index (χ2v) is 5.88. The number of rotatable bonds is 7. The Labute approximate surface area is 143 Å². The molecule has 2 amide bonds. The van der Waals surface area contributed by atoms with E-state index in [0.717, 1.165) is 12.8 Å². The summed E-state index contributed by atoms with van der Waals surface area (Å²) in [5, 5.41) is 11.2. The van der Waals surface area contributed by atoms with Crippen molar-refractivity contribution < 1.29 is 28.3 Å². The number of amides is 2. The fourth-order valence-electron chi connectivity index (χ4n) is 2.86. The molecule has 1 fully saturated rings. The molecule has 0 saturated carbocycles. The molecule has 1 saturated heterocycles. The number of hydrogen-bond acceptors (Lipinski definition) is 3. The van der Waals surface area contributed by atoms with E-state index in [2.05, 4.69) is 5.32 Å². The third-order valence-corrected chi connectivity index (χ3v) is 4.06. The monoisotopic (exact) mass is 354 g/mol. The van der Waals surface area contributed by atoms with Crippen molar-refractivity contribution in [2.24, 2.45) is 0 Å². The predicted molar refractivity (Wildman–Crippen MR) is 84.9 cm³/mol. The van der Waals surface area contributed by atoms with E-state index in [0.29, 0.717) is 18.5 Å². The standard InChI is InChI=1S/C17H20F2N2O4/c18-13(19)10-12(17(24)25)20-16(23)15(11-6-2-1-3-7-11)21-9-5-4-8-14(21)22/h1-3,6-7,12-13,15H,4-5,8-10H2,(H,20,23)(H,24,25). The zero-order valence-electron chi connectivity index (χ0n) is 13.5. The molecule has 1 heterocycles. The van der Waals surface area contributed by atoms with Crippen molar-refractivity contribution in [3.05, 3.63) is 35.9 Å². The van der Waals surface area contributed by atoms with E-state index in [1.54, 1.807) is 30.3 Å². The van der Waals surface area contributed by atoms with Gasteiger partial charge in [0.05, 0.1) is 0 Å². The normalized spacial score (nSPS) is 17.2. The summed E-state index contributed by atoms with van der Waals surface area (Å²) < 4.78 is 25.1. The summed E-state index contributed by atoms with van der Waals surface area (Å²) in [6.07, 6.45) is -2.11. The van der Waals surface area contributed by atoms with E-state index in [4.69, 9.17) is 5.11 Å². The number of benzene rings is 1. The van der Waals surface area contributed by atoms with Crippen LogP contribution in [0.5, 0.6) is 0 Å². The molecular weight excluding hydrogens is 334 g/mol. The van der Waals surface area contributed by atoms with Crippen molar-refractivity contribution >= 4 is 17.8 Å². The van der Waals surface area contributed by atoms with Gasteiger partial charge >= 0.3 is 5.97 Å². The zero-order chi connectivity index (χ0) is 18.4. The Kier molecular flexibility index (Phi) is 6.44. The molecular formula is C17H20F2N2O4. The first kappa shape index (κ1) is 18.8. The van der Waals surface area contributed by atoms with Crippen LogP contribution >= 0.6 is 0 Å². The van der Waals surface area contributed by atoms with Crippen molar-refractivity contribution in [2.75, 3.05) is 6.54 Å². The van der Waals surface area contributed by atoms with Gasteiger partial charge in [-0.15, -0.1) is 0 Å². The summed E-state index contributed by atoms with van der Waals surface area (Å²) in [5.74, 6) is -2.52. The largest absolute Gasteiger partial charge is 0.480 e. The zero-order valence-corrected chi connectivity index (χ0v) is 13.5. The second-order valence-electron chi connectivity index (χ2n) is 5.88. The van der Waals surface area contributed by atoms with Crippen LogP contribution in [0.1, 0.15) is 37.3 Å². The van der Waals surface area contributed by atoms with E-state index in [-0.39, 0.29) is 5.91 Å². The van der Waals surface area contributed by atoms with E-state index in [9.17, 15) is 23.2 Å². The molecule has 1 aromatic carbocycles. The molecule has 2 N–H and O–H groups in total. The van der Waals surface area contributed by atoms with Gasteiger partial charge in [-0.05, 0) is 18.4 Å². The molecule has 136 valence electrons. The molecule has 2 unspecified atom stereocenters. The molecule has 1 aliphatic heterocycles. The number of halogens is 2. The van der Waals surface area contributed by atoms with Gasteiger partial charge in [-0.1, -0.05) is 30.3 Å². The van der Waals surface area contributed by atoms with Crippen LogP contribution in [0.2, 0.25) is 0 Å². The van der Waals surface area contributed by atoms with Crippen molar-refractivity contribution in [1.82, 2.24) is 10.2 Å². The molecule has 0 bridgehead atoms.